The van der Waals surface area contributed by atoms with Gasteiger partial charge >= 0.3 is 0 Å². The van der Waals surface area contributed by atoms with Crippen molar-refractivity contribution < 1.29 is 0 Å². The molecule has 1 aliphatic heterocycles. The summed E-state index contributed by atoms with van der Waals surface area (Å²) in [6, 6.07) is 9.39. The molecule has 0 saturated carbocycles. The van der Waals surface area contributed by atoms with Gasteiger partial charge in [0.15, 0.2) is 0 Å². The molecule has 2 atom stereocenters. The van der Waals surface area contributed by atoms with Gasteiger partial charge in [-0.1, -0.05) is 34.1 Å². The summed E-state index contributed by atoms with van der Waals surface area (Å²) in [6.07, 6.45) is 2.54. The lowest BCUT2D eigenvalue weighted by molar-refractivity contribution is 0.0981. The molecule has 2 unspecified atom stereocenters. The summed E-state index contributed by atoms with van der Waals surface area (Å²) in [4.78, 5) is 4.87. The number of rotatable bonds is 4. The number of hydrogen-bond acceptors (Lipinski definition) is 3. The van der Waals surface area contributed by atoms with Crippen LogP contribution in [0.25, 0.3) is 0 Å². The SMILES string of the molecule is CN(C)C1CCCN(C(CN)c2ccccc2Br)C1. The van der Waals surface area contributed by atoms with E-state index >= 15 is 0 Å². The number of nitrogens with zero attached hydrogens (tertiary/aromatic N) is 2. The molecule has 0 aromatic heterocycles. The molecular weight excluding hydrogens is 302 g/mol. The van der Waals surface area contributed by atoms with Crippen molar-refractivity contribution in [3.8, 4) is 0 Å². The van der Waals surface area contributed by atoms with Gasteiger partial charge < -0.3 is 10.6 Å². The van der Waals surface area contributed by atoms with E-state index in [2.05, 4.69) is 64.1 Å². The van der Waals surface area contributed by atoms with Crippen molar-refractivity contribution in [1.29, 1.82) is 0 Å². The molecule has 0 aliphatic carbocycles. The predicted octanol–water partition coefficient (Wildman–Crippen LogP) is 2.47. The Hall–Kier alpha value is -0.420. The second-order valence-electron chi connectivity index (χ2n) is 5.53. The van der Waals surface area contributed by atoms with Crippen molar-refractivity contribution in [1.82, 2.24) is 9.80 Å². The smallest absolute Gasteiger partial charge is 0.0482 e. The average molecular weight is 326 g/mol. The van der Waals surface area contributed by atoms with E-state index in [1.807, 2.05) is 0 Å². The van der Waals surface area contributed by atoms with Crippen LogP contribution < -0.4 is 5.73 Å². The van der Waals surface area contributed by atoms with Crippen molar-refractivity contribution in [2.45, 2.75) is 24.9 Å². The molecule has 1 aromatic carbocycles. The van der Waals surface area contributed by atoms with Gasteiger partial charge in [-0.25, -0.2) is 0 Å². The third-order valence-electron chi connectivity index (χ3n) is 4.09. The molecule has 1 heterocycles. The minimum atomic E-state index is 0.318. The van der Waals surface area contributed by atoms with Crippen LogP contribution in [-0.2, 0) is 0 Å². The molecule has 4 heteroatoms. The average Bonchev–Trinajstić information content (AvgIpc) is 2.42. The van der Waals surface area contributed by atoms with E-state index in [1.54, 1.807) is 0 Å². The summed E-state index contributed by atoms with van der Waals surface area (Å²) in [5.74, 6) is 0. The normalized spacial score (nSPS) is 22.7. The van der Waals surface area contributed by atoms with Gasteiger partial charge in [0.05, 0.1) is 0 Å². The van der Waals surface area contributed by atoms with Crippen LogP contribution in [0.15, 0.2) is 28.7 Å². The Morgan fingerprint density at radius 1 is 1.42 bits per heavy atom. The first-order chi connectivity index (χ1) is 9.13. The Labute approximate surface area is 124 Å². The predicted molar refractivity (Wildman–Crippen MR) is 84.2 cm³/mol. The van der Waals surface area contributed by atoms with E-state index in [0.29, 0.717) is 18.6 Å². The number of halogens is 1. The van der Waals surface area contributed by atoms with Gasteiger partial charge in [0.25, 0.3) is 0 Å². The van der Waals surface area contributed by atoms with Crippen LogP contribution >= 0.6 is 15.9 Å². The largest absolute Gasteiger partial charge is 0.329 e. The van der Waals surface area contributed by atoms with Crippen LogP contribution in [0.4, 0.5) is 0 Å². The first kappa shape index (κ1) is 15.0. The summed E-state index contributed by atoms with van der Waals surface area (Å²) < 4.78 is 1.16. The van der Waals surface area contributed by atoms with Crippen molar-refractivity contribution in [2.75, 3.05) is 33.7 Å². The minimum absolute atomic E-state index is 0.318. The molecule has 1 fully saturated rings. The first-order valence-electron chi connectivity index (χ1n) is 6.98. The van der Waals surface area contributed by atoms with Gasteiger partial charge in [0, 0.05) is 29.6 Å². The van der Waals surface area contributed by atoms with Crippen LogP contribution in [0.2, 0.25) is 0 Å². The van der Waals surface area contributed by atoms with Gasteiger partial charge in [0.2, 0.25) is 0 Å². The highest BCUT2D eigenvalue weighted by atomic mass is 79.9. The molecule has 106 valence electrons. The van der Waals surface area contributed by atoms with Crippen LogP contribution in [0, 0.1) is 0 Å². The fraction of sp³-hybridized carbons (Fsp3) is 0.600. The molecule has 3 nitrogen and oxygen atoms in total. The number of benzene rings is 1. The number of likely N-dealkylation sites (tertiary alicyclic amines) is 1. The first-order valence-corrected chi connectivity index (χ1v) is 7.77. The topological polar surface area (TPSA) is 32.5 Å². The summed E-state index contributed by atoms with van der Waals surface area (Å²) in [6.45, 7) is 2.92. The van der Waals surface area contributed by atoms with Gasteiger partial charge in [-0.2, -0.15) is 0 Å². The van der Waals surface area contributed by atoms with Crippen LogP contribution in [0.1, 0.15) is 24.4 Å². The molecule has 0 bridgehead atoms. The number of nitrogens with two attached hydrogens (primary N) is 1. The third-order valence-corrected chi connectivity index (χ3v) is 4.81. The van der Waals surface area contributed by atoms with Gasteiger partial charge in [-0.15, -0.1) is 0 Å². The lowest BCUT2D eigenvalue weighted by atomic mass is 9.99. The third kappa shape index (κ3) is 3.57. The maximum atomic E-state index is 6.05. The summed E-state index contributed by atoms with van der Waals surface area (Å²) in [7, 11) is 4.34. The molecule has 2 N–H and O–H groups in total. The van der Waals surface area contributed by atoms with E-state index in [4.69, 9.17) is 5.73 Å². The van der Waals surface area contributed by atoms with E-state index in [0.717, 1.165) is 17.6 Å². The van der Waals surface area contributed by atoms with E-state index < -0.39 is 0 Å². The molecule has 1 aliphatic rings. The van der Waals surface area contributed by atoms with E-state index in [9.17, 15) is 0 Å². The Morgan fingerprint density at radius 3 is 2.79 bits per heavy atom. The molecule has 0 radical (unpaired) electrons. The number of likely N-dealkylation sites (N-methyl/N-ethyl adjacent to an activating group) is 1. The Kier molecular flexibility index (Phi) is 5.39. The monoisotopic (exact) mass is 325 g/mol. The summed E-state index contributed by atoms with van der Waals surface area (Å²) in [5, 5.41) is 0. The summed E-state index contributed by atoms with van der Waals surface area (Å²) in [5.41, 5.74) is 7.36. The maximum Gasteiger partial charge on any atom is 0.0482 e. The zero-order chi connectivity index (χ0) is 13.8. The highest BCUT2D eigenvalue weighted by Crippen LogP contribution is 2.29. The molecule has 0 spiro atoms. The van der Waals surface area contributed by atoms with Crippen molar-refractivity contribution in [3.63, 3.8) is 0 Å². The van der Waals surface area contributed by atoms with Gasteiger partial charge in [-0.3, -0.25) is 4.90 Å². The second kappa shape index (κ2) is 6.84. The van der Waals surface area contributed by atoms with Crippen LogP contribution in [0.5, 0.6) is 0 Å². The fourth-order valence-corrected chi connectivity index (χ4v) is 3.45. The maximum absolute atomic E-state index is 6.05. The molecule has 2 rings (SSSR count). The highest BCUT2D eigenvalue weighted by molar-refractivity contribution is 9.10. The number of piperidine rings is 1. The summed E-state index contributed by atoms with van der Waals surface area (Å²) >= 11 is 3.66. The molecular formula is C15H24BrN3. The van der Waals surface area contributed by atoms with E-state index in [-0.39, 0.29) is 0 Å². The number of hydrogen-bond donors (Lipinski definition) is 1. The lowest BCUT2D eigenvalue weighted by Crippen LogP contribution is -2.47. The van der Waals surface area contributed by atoms with Crippen LogP contribution in [-0.4, -0.2) is 49.6 Å². The standard InChI is InChI=1S/C15H24BrN3/c1-18(2)12-6-5-9-19(11-12)15(10-17)13-7-3-4-8-14(13)16/h3-4,7-8,12,15H,5-6,9-11,17H2,1-2H3. The molecule has 1 aromatic rings. The van der Waals surface area contributed by atoms with Gasteiger partial charge in [0.1, 0.15) is 0 Å². The lowest BCUT2D eigenvalue weighted by Gasteiger charge is -2.40. The Balaban J connectivity index is 2.16. The van der Waals surface area contributed by atoms with Crippen molar-refractivity contribution >= 4 is 15.9 Å². The minimum Gasteiger partial charge on any atom is -0.329 e. The van der Waals surface area contributed by atoms with E-state index in [1.165, 1.54) is 18.4 Å². The molecule has 19 heavy (non-hydrogen) atoms. The quantitative estimate of drug-likeness (QED) is 0.923. The van der Waals surface area contributed by atoms with Crippen LogP contribution in [0.3, 0.4) is 0 Å². The fourth-order valence-electron chi connectivity index (χ4n) is 2.91. The zero-order valence-corrected chi connectivity index (χ0v) is 13.4. The van der Waals surface area contributed by atoms with Gasteiger partial charge in [-0.05, 0) is 45.1 Å². The molecule has 1 saturated heterocycles. The highest BCUT2D eigenvalue weighted by Gasteiger charge is 2.27. The zero-order valence-electron chi connectivity index (χ0n) is 11.8. The Morgan fingerprint density at radius 2 is 2.16 bits per heavy atom. The van der Waals surface area contributed by atoms with Crippen molar-refractivity contribution in [2.24, 2.45) is 5.73 Å². The van der Waals surface area contributed by atoms with Crippen molar-refractivity contribution in [3.05, 3.63) is 34.3 Å². The second-order valence-corrected chi connectivity index (χ2v) is 6.38. The Bertz CT molecular complexity index is 408. The molecule has 0 amide bonds.